The Hall–Kier alpha value is -3.10. The van der Waals surface area contributed by atoms with Crippen molar-refractivity contribution in [3.05, 3.63) is 72.3 Å². The number of carbonyl (C=O) groups is 3. The number of ether oxygens (including phenoxy) is 1. The second kappa shape index (κ2) is 11.3. The van der Waals surface area contributed by atoms with Gasteiger partial charge in [0.2, 0.25) is 11.8 Å². The number of nitrogens with one attached hydrogen (secondary N) is 2. The Morgan fingerprint density at radius 3 is 2.16 bits per heavy atom. The summed E-state index contributed by atoms with van der Waals surface area (Å²) in [6.45, 7) is 1.98. The van der Waals surface area contributed by atoms with Crippen LogP contribution < -0.4 is 10.6 Å². The van der Waals surface area contributed by atoms with E-state index < -0.39 is 5.97 Å². The van der Waals surface area contributed by atoms with Gasteiger partial charge in [0.05, 0.1) is 23.7 Å². The summed E-state index contributed by atoms with van der Waals surface area (Å²) < 4.78 is 5.13. The summed E-state index contributed by atoms with van der Waals surface area (Å²) in [6.07, 6.45) is 0. The Kier molecular flexibility index (Phi) is 8.26. The Morgan fingerprint density at radius 2 is 1.52 bits per heavy atom. The molecule has 0 radical (unpaired) electrons. The number of hydrogen-bond donors (Lipinski definition) is 2. The van der Waals surface area contributed by atoms with Crippen LogP contribution in [0.25, 0.3) is 10.4 Å². The van der Waals surface area contributed by atoms with Crippen LogP contribution in [0.5, 0.6) is 0 Å². The second-order valence-electron chi connectivity index (χ2n) is 6.40. The third kappa shape index (κ3) is 6.70. The van der Waals surface area contributed by atoms with E-state index in [0.717, 1.165) is 10.4 Å². The molecule has 0 aliphatic heterocycles. The number of esters is 1. The molecule has 0 bridgehead atoms. The van der Waals surface area contributed by atoms with E-state index in [-0.39, 0.29) is 29.9 Å². The number of benzene rings is 2. The number of amides is 2. The van der Waals surface area contributed by atoms with Crippen molar-refractivity contribution in [2.75, 3.05) is 28.7 Å². The van der Waals surface area contributed by atoms with Crippen LogP contribution in [-0.4, -0.2) is 35.9 Å². The minimum atomic E-state index is -0.480. The first kappa shape index (κ1) is 22.6. The van der Waals surface area contributed by atoms with Gasteiger partial charge in [-0.15, -0.1) is 23.1 Å². The van der Waals surface area contributed by atoms with Crippen LogP contribution in [0.2, 0.25) is 0 Å². The van der Waals surface area contributed by atoms with Gasteiger partial charge in [-0.2, -0.15) is 0 Å². The molecule has 0 saturated carbocycles. The van der Waals surface area contributed by atoms with Gasteiger partial charge in [-0.3, -0.25) is 9.59 Å². The van der Waals surface area contributed by atoms with Crippen molar-refractivity contribution in [2.45, 2.75) is 6.92 Å². The molecule has 6 nitrogen and oxygen atoms in total. The predicted octanol–water partition coefficient (Wildman–Crippen LogP) is 4.90. The van der Waals surface area contributed by atoms with Crippen LogP contribution in [0, 0.1) is 0 Å². The highest BCUT2D eigenvalue weighted by atomic mass is 32.2. The number of carbonyl (C=O) groups excluding carboxylic acids is 3. The molecule has 2 N–H and O–H groups in total. The maximum absolute atomic E-state index is 12.4. The lowest BCUT2D eigenvalue weighted by Crippen LogP contribution is -2.19. The minimum Gasteiger partial charge on any atom is -0.462 e. The summed E-state index contributed by atoms with van der Waals surface area (Å²) in [7, 11) is 0. The van der Waals surface area contributed by atoms with Gasteiger partial charge in [0.1, 0.15) is 5.00 Å². The molecule has 8 heteroatoms. The normalized spacial score (nSPS) is 10.4. The van der Waals surface area contributed by atoms with Crippen LogP contribution in [-0.2, 0) is 14.3 Å². The maximum Gasteiger partial charge on any atom is 0.341 e. The maximum atomic E-state index is 12.4. The zero-order valence-corrected chi connectivity index (χ0v) is 18.6. The highest BCUT2D eigenvalue weighted by Gasteiger charge is 2.20. The molecule has 2 amide bonds. The van der Waals surface area contributed by atoms with Crippen molar-refractivity contribution in [3.63, 3.8) is 0 Å². The smallest absolute Gasteiger partial charge is 0.341 e. The van der Waals surface area contributed by atoms with Gasteiger partial charge in [0.15, 0.2) is 0 Å². The number of anilines is 2. The van der Waals surface area contributed by atoms with Gasteiger partial charge in [-0.25, -0.2) is 4.79 Å². The quantitative estimate of drug-likeness (QED) is 0.449. The molecule has 0 saturated heterocycles. The highest BCUT2D eigenvalue weighted by Crippen LogP contribution is 2.36. The number of thioether (sulfide) groups is 1. The van der Waals surface area contributed by atoms with Crippen molar-refractivity contribution in [1.82, 2.24) is 0 Å². The lowest BCUT2D eigenvalue weighted by molar-refractivity contribution is -0.114. The van der Waals surface area contributed by atoms with Gasteiger partial charge in [-0.05, 0) is 30.7 Å². The van der Waals surface area contributed by atoms with E-state index in [1.165, 1.54) is 23.1 Å². The Bertz CT molecular complexity index is 1040. The molecule has 1 heterocycles. The predicted molar refractivity (Wildman–Crippen MR) is 127 cm³/mol. The van der Waals surface area contributed by atoms with Gasteiger partial charge in [0, 0.05) is 10.6 Å². The third-order valence-electron chi connectivity index (χ3n) is 4.06. The van der Waals surface area contributed by atoms with E-state index in [1.807, 2.05) is 48.5 Å². The Morgan fingerprint density at radius 1 is 0.903 bits per heavy atom. The topological polar surface area (TPSA) is 84.5 Å². The van der Waals surface area contributed by atoms with E-state index in [1.54, 1.807) is 25.1 Å². The van der Waals surface area contributed by atoms with Crippen molar-refractivity contribution in [2.24, 2.45) is 0 Å². The third-order valence-corrected chi connectivity index (χ3v) is 6.09. The number of para-hydroxylation sites is 1. The van der Waals surface area contributed by atoms with Gasteiger partial charge in [0.25, 0.3) is 0 Å². The summed E-state index contributed by atoms with van der Waals surface area (Å²) in [6, 6.07) is 20.5. The van der Waals surface area contributed by atoms with Crippen molar-refractivity contribution < 1.29 is 19.1 Å². The van der Waals surface area contributed by atoms with Gasteiger partial charge < -0.3 is 15.4 Å². The number of rotatable bonds is 9. The molecule has 31 heavy (non-hydrogen) atoms. The molecule has 0 spiro atoms. The number of hydrogen-bond acceptors (Lipinski definition) is 6. The van der Waals surface area contributed by atoms with E-state index in [2.05, 4.69) is 10.6 Å². The monoisotopic (exact) mass is 454 g/mol. The molecular formula is C23H22N2O4S2. The van der Waals surface area contributed by atoms with Crippen LogP contribution >= 0.6 is 23.1 Å². The lowest BCUT2D eigenvalue weighted by Gasteiger charge is -2.07. The highest BCUT2D eigenvalue weighted by molar-refractivity contribution is 8.00. The van der Waals surface area contributed by atoms with Crippen LogP contribution in [0.1, 0.15) is 17.3 Å². The molecule has 3 aromatic rings. The fourth-order valence-corrected chi connectivity index (χ4v) is 4.39. The molecule has 0 fully saturated rings. The Balaban J connectivity index is 1.59. The second-order valence-corrected chi connectivity index (χ2v) is 8.43. The van der Waals surface area contributed by atoms with Crippen LogP contribution in [0.15, 0.2) is 66.7 Å². The standard InChI is InChI=1S/C23H22N2O4S2/c1-2-29-23(28)18-13-19(16-9-5-3-6-10-16)31-22(18)25-21(27)15-30-14-20(26)24-17-11-7-4-8-12-17/h3-13H,2,14-15H2,1H3,(H,24,26)(H,25,27). The molecule has 3 rings (SSSR count). The zero-order chi connectivity index (χ0) is 22.1. The molecule has 0 aliphatic rings. The molecule has 0 atom stereocenters. The zero-order valence-electron chi connectivity index (χ0n) is 16.9. The van der Waals surface area contributed by atoms with E-state index in [0.29, 0.717) is 16.3 Å². The van der Waals surface area contributed by atoms with Crippen molar-refractivity contribution in [3.8, 4) is 10.4 Å². The SMILES string of the molecule is CCOC(=O)c1cc(-c2ccccc2)sc1NC(=O)CSCC(=O)Nc1ccccc1. The summed E-state index contributed by atoms with van der Waals surface area (Å²) in [4.78, 5) is 37.6. The van der Waals surface area contributed by atoms with E-state index in [9.17, 15) is 14.4 Å². The summed E-state index contributed by atoms with van der Waals surface area (Å²) in [5.74, 6) is -0.718. The summed E-state index contributed by atoms with van der Waals surface area (Å²) in [5, 5.41) is 6.01. The van der Waals surface area contributed by atoms with Crippen molar-refractivity contribution >= 4 is 51.6 Å². The van der Waals surface area contributed by atoms with Gasteiger partial charge in [-0.1, -0.05) is 48.5 Å². The van der Waals surface area contributed by atoms with E-state index in [4.69, 9.17) is 4.74 Å². The average molecular weight is 455 g/mol. The molecule has 2 aromatic carbocycles. The first-order valence-corrected chi connectivity index (χ1v) is 11.6. The van der Waals surface area contributed by atoms with Gasteiger partial charge >= 0.3 is 5.97 Å². The van der Waals surface area contributed by atoms with E-state index >= 15 is 0 Å². The minimum absolute atomic E-state index is 0.0864. The first-order valence-electron chi connectivity index (χ1n) is 9.65. The summed E-state index contributed by atoms with van der Waals surface area (Å²) >= 11 is 2.52. The molecule has 1 aromatic heterocycles. The molecule has 0 aliphatic carbocycles. The first-order chi connectivity index (χ1) is 15.1. The lowest BCUT2D eigenvalue weighted by atomic mass is 10.1. The summed E-state index contributed by atoms with van der Waals surface area (Å²) in [5.41, 5.74) is 1.99. The molecular weight excluding hydrogens is 432 g/mol. The number of thiophene rings is 1. The van der Waals surface area contributed by atoms with Crippen LogP contribution in [0.4, 0.5) is 10.7 Å². The molecule has 160 valence electrons. The average Bonchev–Trinajstić information content (AvgIpc) is 3.19. The van der Waals surface area contributed by atoms with Crippen LogP contribution in [0.3, 0.4) is 0 Å². The van der Waals surface area contributed by atoms with Crippen molar-refractivity contribution in [1.29, 1.82) is 0 Å². The Labute approximate surface area is 189 Å². The molecule has 0 unspecified atom stereocenters. The fourth-order valence-electron chi connectivity index (χ4n) is 2.71. The largest absolute Gasteiger partial charge is 0.462 e. The fraction of sp³-hybridized carbons (Fsp3) is 0.174.